The summed E-state index contributed by atoms with van der Waals surface area (Å²) >= 11 is 4.19. The van der Waals surface area contributed by atoms with Gasteiger partial charge in [0, 0.05) is 10.5 Å². The lowest BCUT2D eigenvalue weighted by molar-refractivity contribution is 0.413. The molecule has 0 bridgehead atoms. The standard InChI is InChI=1S/C9H10OS/c1-3-7-6-8(11)4-5-9(7)10-2/h3-6,11H,1H2,2H3. The first-order valence-corrected chi connectivity index (χ1v) is 3.72. The van der Waals surface area contributed by atoms with Crippen LogP contribution in [-0.2, 0) is 0 Å². The van der Waals surface area contributed by atoms with Gasteiger partial charge >= 0.3 is 0 Å². The van der Waals surface area contributed by atoms with Gasteiger partial charge in [-0.05, 0) is 18.2 Å². The molecule has 1 aromatic rings. The maximum absolute atomic E-state index is 5.09. The Morgan fingerprint density at radius 3 is 2.82 bits per heavy atom. The summed E-state index contributed by atoms with van der Waals surface area (Å²) in [5, 5.41) is 0. The van der Waals surface area contributed by atoms with E-state index in [2.05, 4.69) is 19.2 Å². The van der Waals surface area contributed by atoms with E-state index < -0.39 is 0 Å². The third kappa shape index (κ3) is 1.77. The quantitative estimate of drug-likeness (QED) is 0.664. The zero-order valence-electron chi connectivity index (χ0n) is 6.37. The molecule has 0 aliphatic heterocycles. The lowest BCUT2D eigenvalue weighted by Crippen LogP contribution is -1.85. The highest BCUT2D eigenvalue weighted by Gasteiger charge is 1.97. The fraction of sp³-hybridized carbons (Fsp3) is 0.111. The highest BCUT2D eigenvalue weighted by Crippen LogP contribution is 2.22. The topological polar surface area (TPSA) is 9.23 Å². The first-order valence-electron chi connectivity index (χ1n) is 3.27. The highest BCUT2D eigenvalue weighted by atomic mass is 32.1. The van der Waals surface area contributed by atoms with Crippen LogP contribution in [0.3, 0.4) is 0 Å². The largest absolute Gasteiger partial charge is 0.496 e. The van der Waals surface area contributed by atoms with E-state index in [1.807, 2.05) is 18.2 Å². The van der Waals surface area contributed by atoms with Crippen molar-refractivity contribution in [3.05, 3.63) is 30.3 Å². The third-order valence-corrected chi connectivity index (χ3v) is 1.71. The summed E-state index contributed by atoms with van der Waals surface area (Å²) in [5.74, 6) is 0.831. The van der Waals surface area contributed by atoms with Crippen LogP contribution in [0, 0.1) is 0 Å². The van der Waals surface area contributed by atoms with E-state index in [9.17, 15) is 0 Å². The van der Waals surface area contributed by atoms with Crippen LogP contribution in [0.2, 0.25) is 0 Å². The zero-order valence-corrected chi connectivity index (χ0v) is 7.27. The van der Waals surface area contributed by atoms with Gasteiger partial charge in [0.1, 0.15) is 5.75 Å². The molecular formula is C9H10OS. The molecule has 0 aliphatic rings. The van der Waals surface area contributed by atoms with E-state index >= 15 is 0 Å². The first-order chi connectivity index (χ1) is 5.27. The number of rotatable bonds is 2. The van der Waals surface area contributed by atoms with Gasteiger partial charge < -0.3 is 4.74 Å². The Labute approximate surface area is 72.1 Å². The summed E-state index contributed by atoms with van der Waals surface area (Å²) in [5.41, 5.74) is 0.972. The van der Waals surface area contributed by atoms with Crippen molar-refractivity contribution in [1.82, 2.24) is 0 Å². The van der Waals surface area contributed by atoms with Crippen LogP contribution < -0.4 is 4.74 Å². The van der Waals surface area contributed by atoms with Crippen LogP contribution in [0.4, 0.5) is 0 Å². The van der Waals surface area contributed by atoms with Crippen molar-refractivity contribution in [3.63, 3.8) is 0 Å². The number of benzene rings is 1. The van der Waals surface area contributed by atoms with Crippen molar-refractivity contribution in [1.29, 1.82) is 0 Å². The van der Waals surface area contributed by atoms with Crippen molar-refractivity contribution in [2.75, 3.05) is 7.11 Å². The van der Waals surface area contributed by atoms with Crippen molar-refractivity contribution < 1.29 is 4.74 Å². The van der Waals surface area contributed by atoms with Crippen LogP contribution in [0.5, 0.6) is 5.75 Å². The van der Waals surface area contributed by atoms with Gasteiger partial charge in [0.2, 0.25) is 0 Å². The van der Waals surface area contributed by atoms with E-state index in [1.165, 1.54) is 0 Å². The highest BCUT2D eigenvalue weighted by molar-refractivity contribution is 7.80. The maximum Gasteiger partial charge on any atom is 0.126 e. The average Bonchev–Trinajstić information content (AvgIpc) is 2.04. The molecule has 1 nitrogen and oxygen atoms in total. The van der Waals surface area contributed by atoms with Gasteiger partial charge in [-0.2, -0.15) is 0 Å². The van der Waals surface area contributed by atoms with Crippen molar-refractivity contribution in [3.8, 4) is 5.75 Å². The Hall–Kier alpha value is -0.890. The van der Waals surface area contributed by atoms with E-state index in [0.717, 1.165) is 16.2 Å². The summed E-state index contributed by atoms with van der Waals surface area (Å²) in [7, 11) is 1.64. The fourth-order valence-electron chi connectivity index (χ4n) is 0.881. The summed E-state index contributed by atoms with van der Waals surface area (Å²) in [6, 6.07) is 5.67. The van der Waals surface area contributed by atoms with Crippen LogP contribution in [-0.4, -0.2) is 7.11 Å². The number of ether oxygens (including phenoxy) is 1. The normalized spacial score (nSPS) is 9.27. The first kappa shape index (κ1) is 8.21. The van der Waals surface area contributed by atoms with Gasteiger partial charge in [-0.25, -0.2) is 0 Å². The minimum absolute atomic E-state index is 0.831. The molecule has 0 saturated heterocycles. The summed E-state index contributed by atoms with van der Waals surface area (Å²) in [6.45, 7) is 3.67. The monoisotopic (exact) mass is 166 g/mol. The lowest BCUT2D eigenvalue weighted by atomic mass is 10.2. The predicted molar refractivity (Wildman–Crippen MR) is 50.3 cm³/mol. The number of hydrogen-bond donors (Lipinski definition) is 1. The maximum atomic E-state index is 5.09. The molecular weight excluding hydrogens is 156 g/mol. The zero-order chi connectivity index (χ0) is 8.27. The minimum atomic E-state index is 0.831. The molecule has 0 saturated carbocycles. The van der Waals surface area contributed by atoms with E-state index in [0.29, 0.717) is 0 Å². The van der Waals surface area contributed by atoms with Gasteiger partial charge in [0.15, 0.2) is 0 Å². The van der Waals surface area contributed by atoms with Gasteiger partial charge in [0.25, 0.3) is 0 Å². The summed E-state index contributed by atoms with van der Waals surface area (Å²) < 4.78 is 5.09. The Morgan fingerprint density at radius 1 is 1.55 bits per heavy atom. The summed E-state index contributed by atoms with van der Waals surface area (Å²) in [6.07, 6.45) is 1.75. The van der Waals surface area contributed by atoms with E-state index in [1.54, 1.807) is 13.2 Å². The molecule has 0 unspecified atom stereocenters. The van der Waals surface area contributed by atoms with Gasteiger partial charge in [-0.15, -0.1) is 12.6 Å². The number of thiol groups is 1. The Kier molecular flexibility index (Phi) is 2.60. The SMILES string of the molecule is C=Cc1cc(S)ccc1OC. The molecule has 0 heterocycles. The molecule has 0 fully saturated rings. The van der Waals surface area contributed by atoms with Crippen molar-refractivity contribution in [2.24, 2.45) is 0 Å². The predicted octanol–water partition coefficient (Wildman–Crippen LogP) is 2.63. The Morgan fingerprint density at radius 2 is 2.27 bits per heavy atom. The van der Waals surface area contributed by atoms with Gasteiger partial charge in [-0.1, -0.05) is 12.7 Å². The van der Waals surface area contributed by atoms with Gasteiger partial charge in [0.05, 0.1) is 7.11 Å². The molecule has 11 heavy (non-hydrogen) atoms. The van der Waals surface area contributed by atoms with Crippen LogP contribution >= 0.6 is 12.6 Å². The molecule has 2 heteroatoms. The molecule has 1 rings (SSSR count). The molecule has 0 aromatic heterocycles. The second kappa shape index (κ2) is 3.49. The smallest absolute Gasteiger partial charge is 0.126 e. The third-order valence-electron chi connectivity index (χ3n) is 1.43. The molecule has 0 N–H and O–H groups in total. The van der Waals surface area contributed by atoms with Crippen LogP contribution in [0.25, 0.3) is 6.08 Å². The molecule has 1 aromatic carbocycles. The second-order valence-corrected chi connectivity index (χ2v) is 2.65. The molecule has 0 amide bonds. The molecule has 0 atom stereocenters. The summed E-state index contributed by atoms with van der Waals surface area (Å²) in [4.78, 5) is 0.917. The Bertz CT molecular complexity index is 268. The van der Waals surface area contributed by atoms with Crippen LogP contribution in [0.1, 0.15) is 5.56 Å². The fourth-order valence-corrected chi connectivity index (χ4v) is 1.09. The van der Waals surface area contributed by atoms with E-state index in [4.69, 9.17) is 4.74 Å². The minimum Gasteiger partial charge on any atom is -0.496 e. The molecule has 0 spiro atoms. The molecule has 0 radical (unpaired) electrons. The molecule has 0 aliphatic carbocycles. The average molecular weight is 166 g/mol. The number of hydrogen-bond acceptors (Lipinski definition) is 2. The number of methoxy groups -OCH3 is 1. The second-order valence-electron chi connectivity index (χ2n) is 2.13. The Balaban J connectivity index is 3.16. The van der Waals surface area contributed by atoms with Gasteiger partial charge in [-0.3, -0.25) is 0 Å². The van der Waals surface area contributed by atoms with Crippen molar-refractivity contribution in [2.45, 2.75) is 4.90 Å². The molecule has 58 valence electrons. The van der Waals surface area contributed by atoms with Crippen molar-refractivity contribution >= 4 is 18.7 Å². The van der Waals surface area contributed by atoms with Crippen LogP contribution in [0.15, 0.2) is 29.7 Å². The lowest BCUT2D eigenvalue weighted by Gasteiger charge is -2.03. The van der Waals surface area contributed by atoms with E-state index in [-0.39, 0.29) is 0 Å².